The van der Waals surface area contributed by atoms with Gasteiger partial charge in [0.05, 0.1) is 6.26 Å². The molecule has 1 aromatic rings. The molecule has 1 N–H and O–H groups in total. The van der Waals surface area contributed by atoms with E-state index in [2.05, 4.69) is 11.9 Å². The van der Waals surface area contributed by atoms with Crippen molar-refractivity contribution in [2.75, 3.05) is 12.8 Å². The van der Waals surface area contributed by atoms with Gasteiger partial charge in [-0.3, -0.25) is 9.59 Å². The maximum atomic E-state index is 12.5. The van der Waals surface area contributed by atoms with Crippen molar-refractivity contribution in [3.05, 3.63) is 48.0 Å². The lowest BCUT2D eigenvalue weighted by Crippen LogP contribution is -2.50. The third-order valence-corrected chi connectivity index (χ3v) is 5.22. The van der Waals surface area contributed by atoms with Gasteiger partial charge in [-0.1, -0.05) is 30.3 Å². The molecule has 8 heteroatoms. The zero-order valence-electron chi connectivity index (χ0n) is 14.3. The highest BCUT2D eigenvalue weighted by atomic mass is 32.2. The molecule has 0 unspecified atom stereocenters. The number of hydrogen-bond acceptors (Lipinski definition) is 5. The number of fused-ring (bicyclic) bond motifs is 1. The fourth-order valence-corrected chi connectivity index (χ4v) is 3.67. The summed E-state index contributed by atoms with van der Waals surface area (Å²) in [6, 6.07) is 6.36. The van der Waals surface area contributed by atoms with Crippen LogP contribution >= 0.6 is 0 Å². The normalized spacial score (nSPS) is 18.7. The topological polar surface area (TPSA) is 92.8 Å². The first-order valence-corrected chi connectivity index (χ1v) is 9.71. The maximum absolute atomic E-state index is 12.5. The summed E-state index contributed by atoms with van der Waals surface area (Å²) in [4.78, 5) is 24.4. The van der Waals surface area contributed by atoms with Crippen LogP contribution in [0.1, 0.15) is 18.1 Å². The van der Waals surface area contributed by atoms with Gasteiger partial charge in [0.15, 0.2) is 6.10 Å². The number of esters is 1. The van der Waals surface area contributed by atoms with Gasteiger partial charge in [-0.15, -0.1) is 6.58 Å². The van der Waals surface area contributed by atoms with Crippen LogP contribution in [0.15, 0.2) is 36.9 Å². The molecule has 0 radical (unpaired) electrons. The van der Waals surface area contributed by atoms with Gasteiger partial charge in [0, 0.05) is 19.5 Å². The van der Waals surface area contributed by atoms with Gasteiger partial charge in [0.25, 0.3) is 5.91 Å². The molecule has 1 heterocycles. The molecule has 0 aliphatic carbocycles. The number of amides is 1. The van der Waals surface area contributed by atoms with Gasteiger partial charge in [-0.25, -0.2) is 8.42 Å². The first kappa shape index (κ1) is 19.1. The van der Waals surface area contributed by atoms with Crippen molar-refractivity contribution in [2.24, 2.45) is 0 Å². The van der Waals surface area contributed by atoms with Gasteiger partial charge >= 0.3 is 5.97 Å². The summed E-state index contributed by atoms with van der Waals surface area (Å²) < 4.78 is 30.5. The van der Waals surface area contributed by atoms with Gasteiger partial charge in [-0.05, 0) is 18.1 Å². The Balaban J connectivity index is 2.18. The number of nitrogens with one attached hydrogen (secondary N) is 1. The van der Waals surface area contributed by atoms with E-state index in [1.807, 2.05) is 24.3 Å². The summed E-state index contributed by atoms with van der Waals surface area (Å²) in [5.41, 5.74) is 1.75. The summed E-state index contributed by atoms with van der Waals surface area (Å²) in [6.07, 6.45) is 1.76. The van der Waals surface area contributed by atoms with Crippen molar-refractivity contribution >= 4 is 21.9 Å². The monoisotopic (exact) mass is 366 g/mol. The molecule has 0 saturated carbocycles. The highest BCUT2D eigenvalue weighted by Crippen LogP contribution is 2.26. The first-order chi connectivity index (χ1) is 11.7. The summed E-state index contributed by atoms with van der Waals surface area (Å²) in [5, 5.41) is 2.53. The average Bonchev–Trinajstić information content (AvgIpc) is 2.57. The van der Waals surface area contributed by atoms with Crippen LogP contribution in [0.5, 0.6) is 0 Å². The van der Waals surface area contributed by atoms with Crippen molar-refractivity contribution in [2.45, 2.75) is 32.0 Å². The predicted octanol–water partition coefficient (Wildman–Crippen LogP) is 0.607. The molecule has 2 rings (SSSR count). The third-order valence-electron chi connectivity index (χ3n) is 3.99. The Kier molecular flexibility index (Phi) is 5.97. The number of carbonyl (C=O) groups is 2. The molecular formula is C17H22N2O5S. The second kappa shape index (κ2) is 7.79. The Morgan fingerprint density at radius 3 is 2.64 bits per heavy atom. The highest BCUT2D eigenvalue weighted by Gasteiger charge is 2.38. The highest BCUT2D eigenvalue weighted by molar-refractivity contribution is 7.88. The number of ether oxygens (including phenoxy) is 1. The van der Waals surface area contributed by atoms with Crippen molar-refractivity contribution < 1.29 is 22.7 Å². The fourth-order valence-electron chi connectivity index (χ4n) is 2.67. The predicted molar refractivity (Wildman–Crippen MR) is 93.1 cm³/mol. The lowest BCUT2D eigenvalue weighted by atomic mass is 9.96. The van der Waals surface area contributed by atoms with Crippen LogP contribution < -0.4 is 5.32 Å². The molecule has 2 atom stereocenters. The van der Waals surface area contributed by atoms with Crippen LogP contribution in [0.3, 0.4) is 0 Å². The largest absolute Gasteiger partial charge is 0.451 e. The van der Waals surface area contributed by atoms with E-state index in [0.29, 0.717) is 0 Å². The van der Waals surface area contributed by atoms with E-state index < -0.39 is 34.0 Å². The van der Waals surface area contributed by atoms with Crippen LogP contribution in [-0.2, 0) is 37.3 Å². The lowest BCUT2D eigenvalue weighted by molar-refractivity contribution is -0.158. The quantitative estimate of drug-likeness (QED) is 0.588. The molecule has 7 nitrogen and oxygen atoms in total. The van der Waals surface area contributed by atoms with Crippen LogP contribution in [-0.4, -0.2) is 49.5 Å². The van der Waals surface area contributed by atoms with Crippen molar-refractivity contribution in [3.63, 3.8) is 0 Å². The minimum absolute atomic E-state index is 0.103. The molecule has 0 fully saturated rings. The van der Waals surface area contributed by atoms with Gasteiger partial charge in [-0.2, -0.15) is 4.31 Å². The molecule has 1 aliphatic heterocycles. The summed E-state index contributed by atoms with van der Waals surface area (Å²) in [5.74, 6) is -1.20. The third kappa shape index (κ3) is 4.67. The van der Waals surface area contributed by atoms with E-state index in [9.17, 15) is 18.0 Å². The van der Waals surface area contributed by atoms with Gasteiger partial charge in [0.2, 0.25) is 10.0 Å². The summed E-state index contributed by atoms with van der Waals surface area (Å²) >= 11 is 0. The minimum Gasteiger partial charge on any atom is -0.451 e. The molecule has 25 heavy (non-hydrogen) atoms. The molecule has 1 amide bonds. The zero-order valence-corrected chi connectivity index (χ0v) is 15.1. The number of nitrogens with zero attached hydrogens (tertiary/aromatic N) is 1. The Bertz CT molecular complexity index is 775. The van der Waals surface area contributed by atoms with Crippen LogP contribution in [0.2, 0.25) is 0 Å². The van der Waals surface area contributed by atoms with E-state index in [0.717, 1.165) is 21.7 Å². The molecule has 1 aromatic carbocycles. The Morgan fingerprint density at radius 2 is 2.04 bits per heavy atom. The zero-order chi connectivity index (χ0) is 18.6. The van der Waals surface area contributed by atoms with Crippen molar-refractivity contribution in [1.82, 2.24) is 9.62 Å². The average molecular weight is 366 g/mol. The van der Waals surface area contributed by atoms with E-state index in [1.165, 1.54) is 13.0 Å². The van der Waals surface area contributed by atoms with Crippen LogP contribution in [0.4, 0.5) is 0 Å². The molecule has 0 bridgehead atoms. The van der Waals surface area contributed by atoms with E-state index in [4.69, 9.17) is 4.74 Å². The second-order valence-corrected chi connectivity index (χ2v) is 7.84. The van der Waals surface area contributed by atoms with E-state index >= 15 is 0 Å². The lowest BCUT2D eigenvalue weighted by Gasteiger charge is -2.33. The van der Waals surface area contributed by atoms with E-state index in [-0.39, 0.29) is 19.5 Å². The van der Waals surface area contributed by atoms with E-state index in [1.54, 1.807) is 0 Å². The van der Waals surface area contributed by atoms with Crippen LogP contribution in [0, 0.1) is 0 Å². The van der Waals surface area contributed by atoms with Crippen molar-refractivity contribution in [1.29, 1.82) is 0 Å². The molecule has 136 valence electrons. The SMILES string of the molecule is C=CCNC(=O)[C@H](C)OC(=O)[C@@H]1Cc2ccccc2CN1S(C)(=O)=O. The smallest absolute Gasteiger partial charge is 0.325 e. The number of hydrogen-bond donors (Lipinski definition) is 1. The Labute approximate surface area is 147 Å². The summed E-state index contributed by atoms with van der Waals surface area (Å²) in [7, 11) is -3.61. The number of sulfonamides is 1. The maximum Gasteiger partial charge on any atom is 0.325 e. The summed E-state index contributed by atoms with van der Waals surface area (Å²) in [6.45, 7) is 5.29. The first-order valence-electron chi connectivity index (χ1n) is 7.86. The molecule has 0 aromatic heterocycles. The molecular weight excluding hydrogens is 344 g/mol. The number of carbonyl (C=O) groups excluding carboxylic acids is 2. The van der Waals surface area contributed by atoms with Crippen LogP contribution in [0.25, 0.3) is 0 Å². The fraction of sp³-hybridized carbons (Fsp3) is 0.412. The van der Waals surface area contributed by atoms with Gasteiger partial charge in [0.1, 0.15) is 6.04 Å². The second-order valence-electron chi connectivity index (χ2n) is 5.91. The molecule has 1 aliphatic rings. The Hall–Kier alpha value is -2.19. The van der Waals surface area contributed by atoms with Crippen molar-refractivity contribution in [3.8, 4) is 0 Å². The standard InChI is InChI=1S/C17H22N2O5S/c1-4-9-18-16(20)12(2)24-17(21)15-10-13-7-5-6-8-14(13)11-19(15)25(3,22)23/h4-8,12,15H,1,9-11H2,2-3H3,(H,18,20)/t12-,15-/m0/s1. The number of rotatable bonds is 6. The molecule has 0 saturated heterocycles. The number of benzene rings is 1. The molecule has 0 spiro atoms. The minimum atomic E-state index is -3.61. The Morgan fingerprint density at radius 1 is 1.40 bits per heavy atom. The van der Waals surface area contributed by atoms with Gasteiger partial charge < -0.3 is 10.1 Å².